The van der Waals surface area contributed by atoms with Crippen LogP contribution in [0.3, 0.4) is 0 Å². The van der Waals surface area contributed by atoms with Crippen LogP contribution < -0.4 is 15.8 Å². The Hall–Kier alpha value is -1.63. The molecule has 1 heterocycles. The van der Waals surface area contributed by atoms with Crippen molar-refractivity contribution < 1.29 is 19.0 Å². The van der Waals surface area contributed by atoms with Crippen LogP contribution in [0, 0.1) is 0 Å². The molecule has 0 spiro atoms. The third kappa shape index (κ3) is 3.66. The summed E-state index contributed by atoms with van der Waals surface area (Å²) in [4.78, 5) is 12.6. The highest BCUT2D eigenvalue weighted by Crippen LogP contribution is 2.36. The number of amides is 1. The number of nitrogens with one attached hydrogen (secondary N) is 1. The Bertz CT molecular complexity index is 590. The maximum absolute atomic E-state index is 12.6. The van der Waals surface area contributed by atoms with Crippen LogP contribution in [0.15, 0.2) is 24.3 Å². The molecule has 1 aliphatic heterocycles. The number of methoxy groups -OCH3 is 2. The molecule has 25 heavy (non-hydrogen) atoms. The van der Waals surface area contributed by atoms with E-state index >= 15 is 0 Å². The van der Waals surface area contributed by atoms with Gasteiger partial charge in [-0.15, -0.1) is 0 Å². The number of benzene rings is 1. The van der Waals surface area contributed by atoms with Gasteiger partial charge in [0.25, 0.3) is 0 Å². The van der Waals surface area contributed by atoms with E-state index in [9.17, 15) is 4.79 Å². The first-order valence-electron chi connectivity index (χ1n) is 8.84. The van der Waals surface area contributed by atoms with E-state index in [1.54, 1.807) is 14.2 Å². The van der Waals surface area contributed by atoms with Crippen LogP contribution in [0.25, 0.3) is 0 Å². The summed E-state index contributed by atoms with van der Waals surface area (Å²) >= 11 is 0. The molecule has 0 atom stereocenters. The molecule has 0 aromatic heterocycles. The zero-order valence-corrected chi connectivity index (χ0v) is 15.0. The molecule has 2 fully saturated rings. The fraction of sp³-hybridized carbons (Fsp3) is 0.632. The van der Waals surface area contributed by atoms with Crippen molar-refractivity contribution in [3.05, 3.63) is 29.8 Å². The summed E-state index contributed by atoms with van der Waals surface area (Å²) in [5, 5.41) is 3.10. The summed E-state index contributed by atoms with van der Waals surface area (Å²) in [6.07, 6.45) is 2.99. The molecule has 6 nitrogen and oxygen atoms in total. The molecule has 1 aromatic carbocycles. The first-order valence-corrected chi connectivity index (χ1v) is 8.84. The molecule has 1 aromatic rings. The average molecular weight is 348 g/mol. The second kappa shape index (κ2) is 7.32. The Morgan fingerprint density at radius 3 is 2.44 bits per heavy atom. The SMILES string of the molecule is COc1ccc(C2(CNC(=O)C3(N)CC(OC)C3)CCOCC2)cc1. The maximum atomic E-state index is 12.6. The number of nitrogens with two attached hydrogens (primary N) is 1. The molecule has 3 N–H and O–H groups in total. The van der Waals surface area contributed by atoms with Crippen LogP contribution in [0.4, 0.5) is 0 Å². The quantitative estimate of drug-likeness (QED) is 0.811. The van der Waals surface area contributed by atoms with Crippen molar-refractivity contribution in [2.45, 2.75) is 42.7 Å². The minimum atomic E-state index is -0.799. The average Bonchev–Trinajstić information content (AvgIpc) is 2.64. The van der Waals surface area contributed by atoms with Gasteiger partial charge in [-0.05, 0) is 30.5 Å². The van der Waals surface area contributed by atoms with E-state index in [-0.39, 0.29) is 17.4 Å². The molecule has 0 radical (unpaired) electrons. The van der Waals surface area contributed by atoms with Gasteiger partial charge < -0.3 is 25.3 Å². The van der Waals surface area contributed by atoms with Crippen molar-refractivity contribution in [1.82, 2.24) is 5.32 Å². The van der Waals surface area contributed by atoms with Gasteiger partial charge in [-0.2, -0.15) is 0 Å². The minimum Gasteiger partial charge on any atom is -0.497 e. The van der Waals surface area contributed by atoms with Crippen LogP contribution >= 0.6 is 0 Å². The molecule has 1 saturated heterocycles. The van der Waals surface area contributed by atoms with E-state index in [4.69, 9.17) is 19.9 Å². The van der Waals surface area contributed by atoms with Crippen molar-refractivity contribution in [3.63, 3.8) is 0 Å². The number of carbonyl (C=O) groups excluding carboxylic acids is 1. The van der Waals surface area contributed by atoms with Crippen LogP contribution in [-0.4, -0.2) is 51.5 Å². The van der Waals surface area contributed by atoms with E-state index in [1.807, 2.05) is 12.1 Å². The number of rotatable bonds is 6. The highest BCUT2D eigenvalue weighted by molar-refractivity contribution is 5.87. The lowest BCUT2D eigenvalue weighted by atomic mass is 9.72. The molecule has 1 aliphatic carbocycles. The van der Waals surface area contributed by atoms with E-state index in [1.165, 1.54) is 5.56 Å². The standard InChI is InChI=1S/C19H28N2O4/c1-23-15-5-3-14(4-6-15)18(7-9-25-10-8-18)13-21-17(22)19(20)11-16(12-19)24-2/h3-6,16H,7-13,20H2,1-2H3,(H,21,22). The van der Waals surface area contributed by atoms with Crippen LogP contribution in [0.5, 0.6) is 5.75 Å². The maximum Gasteiger partial charge on any atom is 0.240 e. The first-order chi connectivity index (χ1) is 12.0. The summed E-state index contributed by atoms with van der Waals surface area (Å²) in [5.41, 5.74) is 6.49. The van der Waals surface area contributed by atoms with E-state index in [0.717, 1.165) is 18.6 Å². The van der Waals surface area contributed by atoms with Gasteiger partial charge in [0.2, 0.25) is 5.91 Å². The fourth-order valence-corrected chi connectivity index (χ4v) is 3.80. The summed E-state index contributed by atoms with van der Waals surface area (Å²) in [6, 6.07) is 8.10. The Labute approximate surface area is 149 Å². The molecule has 6 heteroatoms. The molecule has 0 unspecified atom stereocenters. The Kier molecular flexibility index (Phi) is 5.32. The van der Waals surface area contributed by atoms with Crippen molar-refractivity contribution in [2.75, 3.05) is 34.0 Å². The summed E-state index contributed by atoms with van der Waals surface area (Å²) in [7, 11) is 3.31. The lowest BCUT2D eigenvalue weighted by Gasteiger charge is -2.44. The number of carbonyl (C=O) groups is 1. The fourth-order valence-electron chi connectivity index (χ4n) is 3.80. The molecule has 0 bridgehead atoms. The highest BCUT2D eigenvalue weighted by atomic mass is 16.5. The van der Waals surface area contributed by atoms with Crippen LogP contribution in [-0.2, 0) is 19.7 Å². The molecule has 3 rings (SSSR count). The third-order valence-electron chi connectivity index (χ3n) is 5.71. The predicted molar refractivity (Wildman–Crippen MR) is 94.7 cm³/mol. The van der Waals surface area contributed by atoms with Gasteiger partial charge in [0.1, 0.15) is 11.3 Å². The van der Waals surface area contributed by atoms with Gasteiger partial charge in [0.15, 0.2) is 0 Å². The number of hydrogen-bond donors (Lipinski definition) is 2. The predicted octanol–water partition coefficient (Wildman–Crippen LogP) is 1.37. The number of ether oxygens (including phenoxy) is 3. The Morgan fingerprint density at radius 2 is 1.88 bits per heavy atom. The van der Waals surface area contributed by atoms with E-state index in [2.05, 4.69) is 17.4 Å². The van der Waals surface area contributed by atoms with Crippen molar-refractivity contribution >= 4 is 5.91 Å². The first kappa shape index (κ1) is 18.2. The summed E-state index contributed by atoms with van der Waals surface area (Å²) in [5.74, 6) is 0.746. The van der Waals surface area contributed by atoms with Crippen molar-refractivity contribution in [1.29, 1.82) is 0 Å². The molecular weight excluding hydrogens is 320 g/mol. The van der Waals surface area contributed by atoms with Crippen LogP contribution in [0.2, 0.25) is 0 Å². The number of hydrogen-bond acceptors (Lipinski definition) is 5. The lowest BCUT2D eigenvalue weighted by Crippen LogP contribution is -2.65. The van der Waals surface area contributed by atoms with Crippen molar-refractivity contribution in [2.24, 2.45) is 5.73 Å². The van der Waals surface area contributed by atoms with Gasteiger partial charge in [-0.1, -0.05) is 12.1 Å². The van der Waals surface area contributed by atoms with E-state index in [0.29, 0.717) is 32.6 Å². The van der Waals surface area contributed by atoms with Crippen molar-refractivity contribution in [3.8, 4) is 5.75 Å². The molecule has 1 saturated carbocycles. The smallest absolute Gasteiger partial charge is 0.240 e. The van der Waals surface area contributed by atoms with Gasteiger partial charge in [-0.25, -0.2) is 0 Å². The normalized spacial score (nSPS) is 28.0. The topological polar surface area (TPSA) is 82.8 Å². The molecular formula is C19H28N2O4. The summed E-state index contributed by atoms with van der Waals surface area (Å²) in [6.45, 7) is 1.96. The zero-order valence-electron chi connectivity index (χ0n) is 15.0. The van der Waals surface area contributed by atoms with Gasteiger partial charge in [0, 0.05) is 45.1 Å². The van der Waals surface area contributed by atoms with Gasteiger partial charge in [0.05, 0.1) is 13.2 Å². The second-order valence-corrected chi connectivity index (χ2v) is 7.23. The molecule has 138 valence electrons. The van der Waals surface area contributed by atoms with Gasteiger partial charge in [-0.3, -0.25) is 4.79 Å². The minimum absolute atomic E-state index is 0.0832. The molecule has 2 aliphatic rings. The Morgan fingerprint density at radius 1 is 1.24 bits per heavy atom. The van der Waals surface area contributed by atoms with Crippen LogP contribution in [0.1, 0.15) is 31.2 Å². The monoisotopic (exact) mass is 348 g/mol. The Balaban J connectivity index is 1.69. The second-order valence-electron chi connectivity index (χ2n) is 7.23. The van der Waals surface area contributed by atoms with E-state index < -0.39 is 5.54 Å². The summed E-state index contributed by atoms with van der Waals surface area (Å²) < 4.78 is 16.0. The molecule has 1 amide bonds. The van der Waals surface area contributed by atoms with Gasteiger partial charge >= 0.3 is 0 Å². The largest absolute Gasteiger partial charge is 0.497 e. The highest BCUT2D eigenvalue weighted by Gasteiger charge is 2.48. The lowest BCUT2D eigenvalue weighted by molar-refractivity contribution is -0.135. The third-order valence-corrected chi connectivity index (χ3v) is 5.71. The zero-order chi connectivity index (χ0) is 17.9.